The maximum absolute atomic E-state index is 12.2. The molecule has 2 aromatic rings. The minimum atomic E-state index is -3.33. The van der Waals surface area contributed by atoms with E-state index in [1.807, 2.05) is 24.3 Å². The molecular formula is C22H29NO4S. The molecule has 0 aliphatic rings. The number of ether oxygens (including phenoxy) is 1. The van der Waals surface area contributed by atoms with E-state index in [-0.39, 0.29) is 23.6 Å². The molecule has 6 heteroatoms. The average molecular weight is 404 g/mol. The van der Waals surface area contributed by atoms with Gasteiger partial charge in [0.2, 0.25) is 0 Å². The smallest absolute Gasteiger partial charge is 0.260 e. The molecule has 0 heterocycles. The average Bonchev–Trinajstić information content (AvgIpc) is 2.65. The van der Waals surface area contributed by atoms with Crippen LogP contribution >= 0.6 is 0 Å². The van der Waals surface area contributed by atoms with Gasteiger partial charge in [-0.25, -0.2) is 8.42 Å². The van der Waals surface area contributed by atoms with Crippen LogP contribution in [0.1, 0.15) is 39.7 Å². The largest absolute Gasteiger partial charge is 0.481 e. The lowest BCUT2D eigenvalue weighted by molar-refractivity contribution is -0.127. The number of carbonyl (C=O) groups is 1. The van der Waals surface area contributed by atoms with Gasteiger partial charge in [-0.3, -0.25) is 4.79 Å². The van der Waals surface area contributed by atoms with Crippen molar-refractivity contribution >= 4 is 15.7 Å². The van der Waals surface area contributed by atoms with Gasteiger partial charge in [0, 0.05) is 6.54 Å². The fourth-order valence-electron chi connectivity index (χ4n) is 2.65. The monoisotopic (exact) mass is 403 g/mol. The van der Waals surface area contributed by atoms with Crippen LogP contribution in [0, 0.1) is 0 Å². The Morgan fingerprint density at radius 1 is 1.04 bits per heavy atom. The molecule has 1 amide bonds. The van der Waals surface area contributed by atoms with E-state index in [1.54, 1.807) is 37.3 Å². The number of hydrogen-bond acceptors (Lipinski definition) is 4. The molecule has 0 fully saturated rings. The van der Waals surface area contributed by atoms with E-state index in [1.165, 1.54) is 5.56 Å². The second-order valence-corrected chi connectivity index (χ2v) is 9.92. The molecule has 28 heavy (non-hydrogen) atoms. The highest BCUT2D eigenvalue weighted by Gasteiger charge is 2.17. The van der Waals surface area contributed by atoms with Crippen LogP contribution in [0.15, 0.2) is 59.5 Å². The normalized spacial score (nSPS) is 13.0. The standard InChI is InChI=1S/C22H29NO4S/c1-17(27-19-13-11-18(12-14-19)22(2,3)4)21(24)23-15-8-16-28(25,26)20-9-6-5-7-10-20/h5-7,9-14,17H,8,15-16H2,1-4H3,(H,23,24). The van der Waals surface area contributed by atoms with E-state index in [0.717, 1.165) is 0 Å². The van der Waals surface area contributed by atoms with Crippen LogP contribution in [0.2, 0.25) is 0 Å². The Hall–Kier alpha value is -2.34. The van der Waals surface area contributed by atoms with Crippen LogP contribution in [0.3, 0.4) is 0 Å². The quantitative estimate of drug-likeness (QED) is 0.682. The summed E-state index contributed by atoms with van der Waals surface area (Å²) in [6, 6.07) is 16.0. The summed E-state index contributed by atoms with van der Waals surface area (Å²) in [5.41, 5.74) is 1.25. The molecule has 2 aromatic carbocycles. The Kier molecular flexibility index (Phi) is 7.24. The molecule has 0 saturated carbocycles. The minimum Gasteiger partial charge on any atom is -0.481 e. The van der Waals surface area contributed by atoms with Gasteiger partial charge in [0.15, 0.2) is 15.9 Å². The Balaban J connectivity index is 1.78. The number of nitrogens with one attached hydrogen (secondary N) is 1. The molecule has 2 rings (SSSR count). The lowest BCUT2D eigenvalue weighted by Crippen LogP contribution is -2.37. The summed E-state index contributed by atoms with van der Waals surface area (Å²) < 4.78 is 30.1. The number of benzene rings is 2. The van der Waals surface area contributed by atoms with Gasteiger partial charge >= 0.3 is 0 Å². The summed E-state index contributed by atoms with van der Waals surface area (Å²) in [6.07, 6.45) is -0.318. The van der Waals surface area contributed by atoms with Crippen molar-refractivity contribution in [3.8, 4) is 5.75 Å². The van der Waals surface area contributed by atoms with Gasteiger partial charge in [-0.2, -0.15) is 0 Å². The van der Waals surface area contributed by atoms with Crippen molar-refractivity contribution in [2.24, 2.45) is 0 Å². The zero-order valence-electron chi connectivity index (χ0n) is 16.9. The van der Waals surface area contributed by atoms with Gasteiger partial charge in [0.25, 0.3) is 5.91 Å². The van der Waals surface area contributed by atoms with Gasteiger partial charge in [0.1, 0.15) is 5.75 Å². The Labute approximate surface area is 168 Å². The second kappa shape index (κ2) is 9.24. The lowest BCUT2D eigenvalue weighted by Gasteiger charge is -2.20. The van der Waals surface area contributed by atoms with Crippen molar-refractivity contribution in [1.29, 1.82) is 0 Å². The maximum atomic E-state index is 12.2. The van der Waals surface area contributed by atoms with E-state index in [4.69, 9.17) is 4.74 Å². The topological polar surface area (TPSA) is 72.5 Å². The molecule has 0 saturated heterocycles. The van der Waals surface area contributed by atoms with Gasteiger partial charge in [-0.1, -0.05) is 51.1 Å². The van der Waals surface area contributed by atoms with Crippen molar-refractivity contribution in [3.05, 3.63) is 60.2 Å². The molecule has 0 aliphatic carbocycles. The van der Waals surface area contributed by atoms with Gasteiger partial charge < -0.3 is 10.1 Å². The number of hydrogen-bond donors (Lipinski definition) is 1. The Morgan fingerprint density at radius 3 is 2.21 bits per heavy atom. The van der Waals surface area contributed by atoms with Gasteiger partial charge in [-0.05, 0) is 48.6 Å². The Bertz CT molecular complexity index is 869. The summed E-state index contributed by atoms with van der Waals surface area (Å²) in [7, 11) is -3.33. The third-order valence-corrected chi connectivity index (χ3v) is 6.21. The van der Waals surface area contributed by atoms with Crippen LogP contribution < -0.4 is 10.1 Å². The van der Waals surface area contributed by atoms with Crippen LogP contribution in [-0.4, -0.2) is 32.7 Å². The maximum Gasteiger partial charge on any atom is 0.260 e. The second-order valence-electron chi connectivity index (χ2n) is 7.81. The molecule has 152 valence electrons. The predicted molar refractivity (Wildman–Crippen MR) is 111 cm³/mol. The van der Waals surface area contributed by atoms with Gasteiger partial charge in [-0.15, -0.1) is 0 Å². The molecule has 0 spiro atoms. The van der Waals surface area contributed by atoms with Crippen molar-refractivity contribution in [2.75, 3.05) is 12.3 Å². The molecule has 5 nitrogen and oxygen atoms in total. The highest BCUT2D eigenvalue weighted by Crippen LogP contribution is 2.24. The van der Waals surface area contributed by atoms with Crippen LogP contribution in [0.4, 0.5) is 0 Å². The molecule has 0 aromatic heterocycles. The van der Waals surface area contributed by atoms with Crippen molar-refractivity contribution < 1.29 is 17.9 Å². The fourth-order valence-corrected chi connectivity index (χ4v) is 3.99. The molecule has 1 N–H and O–H groups in total. The first-order valence-electron chi connectivity index (χ1n) is 9.42. The summed E-state index contributed by atoms with van der Waals surface area (Å²) >= 11 is 0. The fraction of sp³-hybridized carbons (Fsp3) is 0.409. The molecule has 0 radical (unpaired) electrons. The highest BCUT2D eigenvalue weighted by molar-refractivity contribution is 7.91. The predicted octanol–water partition coefficient (Wildman–Crippen LogP) is 3.73. The SMILES string of the molecule is CC(Oc1ccc(C(C)(C)C)cc1)C(=O)NCCCS(=O)(=O)c1ccccc1. The first kappa shape index (κ1) is 22.0. The zero-order chi connectivity index (χ0) is 20.8. The van der Waals surface area contributed by atoms with E-state index in [0.29, 0.717) is 17.1 Å². The minimum absolute atomic E-state index is 0.0131. The summed E-state index contributed by atoms with van der Waals surface area (Å²) in [6.45, 7) is 8.36. The van der Waals surface area contributed by atoms with E-state index in [2.05, 4.69) is 26.1 Å². The molecule has 0 aliphatic heterocycles. The van der Waals surface area contributed by atoms with Crippen LogP contribution in [0.5, 0.6) is 5.75 Å². The van der Waals surface area contributed by atoms with Crippen LogP contribution in [-0.2, 0) is 20.0 Å². The molecule has 0 bridgehead atoms. The molecular weight excluding hydrogens is 374 g/mol. The highest BCUT2D eigenvalue weighted by atomic mass is 32.2. The number of carbonyl (C=O) groups excluding carboxylic acids is 1. The summed E-state index contributed by atoms with van der Waals surface area (Å²) in [5, 5.41) is 2.73. The first-order chi connectivity index (χ1) is 13.1. The third kappa shape index (κ3) is 6.37. The first-order valence-corrected chi connectivity index (χ1v) is 11.1. The van der Waals surface area contributed by atoms with Crippen LogP contribution in [0.25, 0.3) is 0 Å². The zero-order valence-corrected chi connectivity index (χ0v) is 17.8. The van der Waals surface area contributed by atoms with E-state index in [9.17, 15) is 13.2 Å². The Morgan fingerprint density at radius 2 is 1.64 bits per heavy atom. The molecule has 1 unspecified atom stereocenters. The van der Waals surface area contributed by atoms with Crippen molar-refractivity contribution in [1.82, 2.24) is 5.32 Å². The summed E-state index contributed by atoms with van der Waals surface area (Å²) in [4.78, 5) is 12.5. The lowest BCUT2D eigenvalue weighted by atomic mass is 9.87. The van der Waals surface area contributed by atoms with Crippen molar-refractivity contribution in [3.63, 3.8) is 0 Å². The number of amides is 1. The summed E-state index contributed by atoms with van der Waals surface area (Å²) in [5.74, 6) is 0.347. The van der Waals surface area contributed by atoms with E-state index < -0.39 is 15.9 Å². The third-order valence-electron chi connectivity index (χ3n) is 4.39. The van der Waals surface area contributed by atoms with Crippen molar-refractivity contribution in [2.45, 2.75) is 50.5 Å². The molecule has 1 atom stereocenters. The number of sulfone groups is 1. The van der Waals surface area contributed by atoms with Gasteiger partial charge in [0.05, 0.1) is 10.6 Å². The number of rotatable bonds is 8. The van der Waals surface area contributed by atoms with E-state index >= 15 is 0 Å².